The standard InChI is InChI=1S/C7H12N2O3S/c1-13(11,12)6-2-4-9-5-3-8-7(9)10/h3,5H,2,4,6H2,1H3,(H,8,10). The highest BCUT2D eigenvalue weighted by Crippen LogP contribution is 1.91. The van der Waals surface area contributed by atoms with Gasteiger partial charge in [0.05, 0.1) is 5.75 Å². The summed E-state index contributed by atoms with van der Waals surface area (Å²) in [6.07, 6.45) is 4.79. The minimum Gasteiger partial charge on any atom is -0.313 e. The molecule has 1 N–H and O–H groups in total. The van der Waals surface area contributed by atoms with Crippen LogP contribution >= 0.6 is 0 Å². The first-order chi connectivity index (χ1) is 5.99. The van der Waals surface area contributed by atoms with Gasteiger partial charge in [-0.05, 0) is 6.42 Å². The maximum Gasteiger partial charge on any atom is 0.325 e. The zero-order valence-corrected chi connectivity index (χ0v) is 8.17. The predicted octanol–water partition coefficient (Wildman–Crippen LogP) is -0.389. The van der Waals surface area contributed by atoms with Gasteiger partial charge in [-0.25, -0.2) is 13.2 Å². The van der Waals surface area contributed by atoms with Crippen molar-refractivity contribution in [3.63, 3.8) is 0 Å². The summed E-state index contributed by atoms with van der Waals surface area (Å²) >= 11 is 0. The molecule has 0 saturated carbocycles. The largest absolute Gasteiger partial charge is 0.325 e. The normalized spacial score (nSPS) is 11.8. The molecule has 0 saturated heterocycles. The van der Waals surface area contributed by atoms with Crippen molar-refractivity contribution in [2.45, 2.75) is 13.0 Å². The highest BCUT2D eigenvalue weighted by atomic mass is 32.2. The van der Waals surface area contributed by atoms with E-state index in [1.165, 1.54) is 17.0 Å². The fraction of sp³-hybridized carbons (Fsp3) is 0.571. The lowest BCUT2D eigenvalue weighted by Gasteiger charge is -1.99. The van der Waals surface area contributed by atoms with E-state index >= 15 is 0 Å². The number of aromatic amines is 1. The Bertz CT molecular complexity index is 415. The zero-order chi connectivity index (χ0) is 9.90. The molecule has 0 aromatic carbocycles. The van der Waals surface area contributed by atoms with E-state index in [0.717, 1.165) is 0 Å². The number of nitrogens with zero attached hydrogens (tertiary/aromatic N) is 1. The molecule has 0 amide bonds. The highest BCUT2D eigenvalue weighted by molar-refractivity contribution is 7.90. The Kier molecular flexibility index (Phi) is 2.92. The lowest BCUT2D eigenvalue weighted by atomic mass is 10.5. The van der Waals surface area contributed by atoms with Gasteiger partial charge in [-0.1, -0.05) is 0 Å². The Morgan fingerprint density at radius 3 is 2.69 bits per heavy atom. The number of aryl methyl sites for hydroxylation is 1. The van der Waals surface area contributed by atoms with E-state index in [1.54, 1.807) is 6.20 Å². The number of hydrogen-bond donors (Lipinski definition) is 1. The molecule has 0 fully saturated rings. The average molecular weight is 204 g/mol. The Morgan fingerprint density at radius 2 is 2.23 bits per heavy atom. The van der Waals surface area contributed by atoms with Crippen LogP contribution in [0.3, 0.4) is 0 Å². The summed E-state index contributed by atoms with van der Waals surface area (Å²) in [6.45, 7) is 0.440. The molecular formula is C7H12N2O3S. The molecule has 0 aliphatic heterocycles. The Labute approximate surface area is 76.3 Å². The number of imidazole rings is 1. The van der Waals surface area contributed by atoms with Crippen LogP contribution in [0.1, 0.15) is 6.42 Å². The number of hydrogen-bond acceptors (Lipinski definition) is 3. The minimum atomic E-state index is -2.92. The molecule has 1 aromatic heterocycles. The fourth-order valence-electron chi connectivity index (χ4n) is 1.02. The van der Waals surface area contributed by atoms with Gasteiger partial charge in [-0.15, -0.1) is 0 Å². The molecule has 74 valence electrons. The van der Waals surface area contributed by atoms with Gasteiger partial charge in [0.2, 0.25) is 0 Å². The number of H-pyrrole nitrogens is 1. The second-order valence-corrected chi connectivity index (χ2v) is 5.20. The first kappa shape index (κ1) is 10.0. The van der Waals surface area contributed by atoms with Crippen molar-refractivity contribution in [2.75, 3.05) is 12.0 Å². The van der Waals surface area contributed by atoms with Crippen molar-refractivity contribution in [1.82, 2.24) is 9.55 Å². The first-order valence-electron chi connectivity index (χ1n) is 3.90. The van der Waals surface area contributed by atoms with E-state index in [-0.39, 0.29) is 11.4 Å². The molecule has 13 heavy (non-hydrogen) atoms. The molecule has 0 atom stereocenters. The first-order valence-corrected chi connectivity index (χ1v) is 5.96. The van der Waals surface area contributed by atoms with Crippen LogP contribution in [-0.4, -0.2) is 30.0 Å². The Balaban J connectivity index is 2.46. The van der Waals surface area contributed by atoms with Crippen LogP contribution in [0, 0.1) is 0 Å². The van der Waals surface area contributed by atoms with Crippen LogP contribution in [0.2, 0.25) is 0 Å². The second kappa shape index (κ2) is 3.78. The van der Waals surface area contributed by atoms with Crippen molar-refractivity contribution < 1.29 is 8.42 Å². The SMILES string of the molecule is CS(=O)(=O)CCCn1cc[nH]c1=O. The molecule has 0 bridgehead atoms. The van der Waals surface area contributed by atoms with Crippen molar-refractivity contribution in [3.8, 4) is 0 Å². The summed E-state index contributed by atoms with van der Waals surface area (Å²) in [4.78, 5) is 13.4. The third-order valence-electron chi connectivity index (χ3n) is 1.64. The van der Waals surface area contributed by atoms with Crippen LogP contribution in [0.25, 0.3) is 0 Å². The molecule has 1 heterocycles. The smallest absolute Gasteiger partial charge is 0.313 e. The van der Waals surface area contributed by atoms with E-state index in [2.05, 4.69) is 4.98 Å². The lowest BCUT2D eigenvalue weighted by Crippen LogP contribution is -2.17. The van der Waals surface area contributed by atoms with Crippen molar-refractivity contribution in [2.24, 2.45) is 0 Å². The summed E-state index contributed by atoms with van der Waals surface area (Å²) in [5.74, 6) is 0.116. The molecule has 1 rings (SSSR count). The van der Waals surface area contributed by atoms with Gasteiger partial charge in [0.25, 0.3) is 0 Å². The molecular weight excluding hydrogens is 192 g/mol. The Morgan fingerprint density at radius 1 is 1.54 bits per heavy atom. The third-order valence-corrected chi connectivity index (χ3v) is 2.67. The Hall–Kier alpha value is -1.04. The van der Waals surface area contributed by atoms with E-state index in [1.807, 2.05) is 0 Å². The monoisotopic (exact) mass is 204 g/mol. The minimum absolute atomic E-state index is 0.116. The van der Waals surface area contributed by atoms with Gasteiger partial charge < -0.3 is 4.98 Å². The highest BCUT2D eigenvalue weighted by Gasteiger charge is 2.02. The van der Waals surface area contributed by atoms with Gasteiger partial charge >= 0.3 is 5.69 Å². The average Bonchev–Trinajstić information content (AvgIpc) is 2.34. The molecule has 6 heteroatoms. The topological polar surface area (TPSA) is 71.9 Å². The molecule has 0 aliphatic rings. The molecule has 0 radical (unpaired) electrons. The van der Waals surface area contributed by atoms with Gasteiger partial charge in [0.15, 0.2) is 0 Å². The molecule has 0 spiro atoms. The van der Waals surface area contributed by atoms with E-state index in [0.29, 0.717) is 13.0 Å². The van der Waals surface area contributed by atoms with E-state index in [9.17, 15) is 13.2 Å². The quantitative estimate of drug-likeness (QED) is 0.726. The third kappa shape index (κ3) is 3.45. The van der Waals surface area contributed by atoms with E-state index in [4.69, 9.17) is 0 Å². The maximum absolute atomic E-state index is 10.9. The molecule has 1 aromatic rings. The van der Waals surface area contributed by atoms with Gasteiger partial charge in [-0.3, -0.25) is 4.57 Å². The zero-order valence-electron chi connectivity index (χ0n) is 7.36. The lowest BCUT2D eigenvalue weighted by molar-refractivity contribution is 0.589. The number of nitrogens with one attached hydrogen (secondary N) is 1. The number of rotatable bonds is 4. The van der Waals surface area contributed by atoms with E-state index < -0.39 is 9.84 Å². The second-order valence-electron chi connectivity index (χ2n) is 2.94. The van der Waals surface area contributed by atoms with Crippen LogP contribution in [0.5, 0.6) is 0 Å². The van der Waals surface area contributed by atoms with Gasteiger partial charge in [-0.2, -0.15) is 0 Å². The number of sulfone groups is 1. The van der Waals surface area contributed by atoms with Crippen LogP contribution in [0.15, 0.2) is 17.2 Å². The predicted molar refractivity (Wildman–Crippen MR) is 49.4 cm³/mol. The van der Waals surface area contributed by atoms with Crippen molar-refractivity contribution in [1.29, 1.82) is 0 Å². The summed E-state index contributed by atoms with van der Waals surface area (Å²) in [5, 5.41) is 0. The molecule has 0 unspecified atom stereocenters. The van der Waals surface area contributed by atoms with Crippen molar-refractivity contribution in [3.05, 3.63) is 22.9 Å². The van der Waals surface area contributed by atoms with Crippen LogP contribution < -0.4 is 5.69 Å². The van der Waals surface area contributed by atoms with Crippen LogP contribution in [-0.2, 0) is 16.4 Å². The summed E-state index contributed by atoms with van der Waals surface area (Å²) < 4.78 is 22.9. The molecule has 5 nitrogen and oxygen atoms in total. The van der Waals surface area contributed by atoms with Gasteiger partial charge in [0.1, 0.15) is 9.84 Å². The van der Waals surface area contributed by atoms with Crippen molar-refractivity contribution >= 4 is 9.84 Å². The summed E-state index contributed by atoms with van der Waals surface area (Å²) in [7, 11) is -2.92. The fourth-order valence-corrected chi connectivity index (χ4v) is 1.68. The maximum atomic E-state index is 10.9. The van der Waals surface area contributed by atoms with Crippen LogP contribution in [0.4, 0.5) is 0 Å². The van der Waals surface area contributed by atoms with Gasteiger partial charge in [0, 0.05) is 25.2 Å². The number of aromatic nitrogens is 2. The molecule has 0 aliphatic carbocycles. The summed E-state index contributed by atoms with van der Waals surface area (Å²) in [6, 6.07) is 0. The summed E-state index contributed by atoms with van der Waals surface area (Å²) in [5.41, 5.74) is -0.200.